The third-order valence-corrected chi connectivity index (χ3v) is 6.25. The van der Waals surface area contributed by atoms with Crippen LogP contribution in [-0.2, 0) is 12.8 Å². The van der Waals surface area contributed by atoms with Gasteiger partial charge in [-0.3, -0.25) is 0 Å². The number of hydrogen-bond donors (Lipinski definition) is 1. The van der Waals surface area contributed by atoms with E-state index in [1.165, 1.54) is 43.5 Å². The van der Waals surface area contributed by atoms with Gasteiger partial charge in [0.25, 0.3) is 0 Å². The van der Waals surface area contributed by atoms with Gasteiger partial charge >= 0.3 is 0 Å². The summed E-state index contributed by atoms with van der Waals surface area (Å²) in [7, 11) is 0. The zero-order valence-electron chi connectivity index (χ0n) is 10.9. The van der Waals surface area contributed by atoms with Crippen molar-refractivity contribution in [3.05, 3.63) is 36.4 Å². The van der Waals surface area contributed by atoms with Gasteiger partial charge in [-0.05, 0) is 60.3 Å². The molecule has 1 unspecified atom stereocenters. The van der Waals surface area contributed by atoms with Crippen molar-refractivity contribution in [2.75, 3.05) is 6.54 Å². The topological polar surface area (TPSA) is 24.9 Å². The molecule has 2 heterocycles. The number of rotatable bonds is 5. The zero-order chi connectivity index (χ0) is 13.2. The molecular formula is C14H17BrN2S2. The molecule has 0 aromatic carbocycles. The molecule has 0 fully saturated rings. The van der Waals surface area contributed by atoms with Gasteiger partial charge in [0.15, 0.2) is 0 Å². The van der Waals surface area contributed by atoms with Crippen LogP contribution in [-0.4, -0.2) is 11.5 Å². The molecule has 1 atom stereocenters. The number of thiophene rings is 1. The van der Waals surface area contributed by atoms with Crippen LogP contribution >= 0.6 is 38.6 Å². The van der Waals surface area contributed by atoms with Gasteiger partial charge in [0.2, 0.25) is 0 Å². The lowest BCUT2D eigenvalue weighted by atomic mass is 10.2. The van der Waals surface area contributed by atoms with Gasteiger partial charge in [-0.2, -0.15) is 0 Å². The van der Waals surface area contributed by atoms with Crippen molar-refractivity contribution in [2.45, 2.75) is 38.6 Å². The monoisotopic (exact) mass is 356 g/mol. The smallest absolute Gasteiger partial charge is 0.115 e. The molecule has 0 saturated heterocycles. The van der Waals surface area contributed by atoms with E-state index in [1.54, 1.807) is 11.3 Å². The van der Waals surface area contributed by atoms with E-state index in [0.29, 0.717) is 0 Å². The molecule has 1 aliphatic carbocycles. The normalized spacial score (nSPS) is 15.7. The molecule has 2 aromatic rings. The van der Waals surface area contributed by atoms with Gasteiger partial charge in [0.1, 0.15) is 5.01 Å². The van der Waals surface area contributed by atoms with Gasteiger partial charge in [-0.15, -0.1) is 22.7 Å². The number of hydrogen-bond acceptors (Lipinski definition) is 4. The predicted molar refractivity (Wildman–Crippen MR) is 86.3 cm³/mol. The molecule has 0 spiro atoms. The van der Waals surface area contributed by atoms with Crippen molar-refractivity contribution in [3.63, 3.8) is 0 Å². The summed E-state index contributed by atoms with van der Waals surface area (Å²) in [4.78, 5) is 7.74. The van der Waals surface area contributed by atoms with Crippen LogP contribution in [0.5, 0.6) is 0 Å². The van der Waals surface area contributed by atoms with Crippen molar-refractivity contribution in [1.82, 2.24) is 10.3 Å². The van der Waals surface area contributed by atoms with E-state index in [-0.39, 0.29) is 6.04 Å². The first-order valence-electron chi connectivity index (χ1n) is 6.75. The maximum absolute atomic E-state index is 4.88. The first-order valence-corrected chi connectivity index (χ1v) is 9.17. The quantitative estimate of drug-likeness (QED) is 0.850. The van der Waals surface area contributed by atoms with E-state index >= 15 is 0 Å². The minimum atomic E-state index is 0.270. The van der Waals surface area contributed by atoms with Crippen LogP contribution < -0.4 is 5.32 Å². The highest BCUT2D eigenvalue weighted by Gasteiger charge is 2.23. The van der Waals surface area contributed by atoms with Crippen LogP contribution in [0.2, 0.25) is 0 Å². The van der Waals surface area contributed by atoms with Crippen LogP contribution in [0.25, 0.3) is 0 Å². The Bertz CT molecular complexity index is 540. The number of thiazole rings is 1. The molecule has 1 N–H and O–H groups in total. The predicted octanol–water partition coefficient (Wildman–Crippen LogP) is 4.54. The first kappa shape index (κ1) is 13.7. The average molecular weight is 357 g/mol. The van der Waals surface area contributed by atoms with Gasteiger partial charge in [0.05, 0.1) is 15.5 Å². The highest BCUT2D eigenvalue weighted by molar-refractivity contribution is 9.11. The Labute approximate surface area is 130 Å². The third-order valence-electron chi connectivity index (χ3n) is 3.34. The molecule has 19 heavy (non-hydrogen) atoms. The molecule has 0 aliphatic heterocycles. The molecule has 0 saturated carbocycles. The van der Waals surface area contributed by atoms with Crippen LogP contribution in [0.3, 0.4) is 0 Å². The minimum absolute atomic E-state index is 0.270. The summed E-state index contributed by atoms with van der Waals surface area (Å²) in [6.45, 7) is 3.24. The Morgan fingerprint density at radius 1 is 1.37 bits per heavy atom. The number of nitrogens with zero attached hydrogens (tertiary/aromatic N) is 1. The molecule has 102 valence electrons. The molecule has 0 bridgehead atoms. The van der Waals surface area contributed by atoms with Crippen molar-refractivity contribution in [3.8, 4) is 0 Å². The van der Waals surface area contributed by atoms with Gasteiger partial charge in [0, 0.05) is 9.75 Å². The van der Waals surface area contributed by atoms with Gasteiger partial charge in [-0.25, -0.2) is 4.98 Å². The van der Waals surface area contributed by atoms with Crippen LogP contribution in [0.15, 0.2) is 15.9 Å². The molecule has 0 radical (unpaired) electrons. The second-order valence-corrected chi connectivity index (χ2v) is 8.41. The highest BCUT2D eigenvalue weighted by Crippen LogP contribution is 2.36. The van der Waals surface area contributed by atoms with E-state index in [1.807, 2.05) is 11.3 Å². The molecule has 5 heteroatoms. The molecule has 2 aromatic heterocycles. The Morgan fingerprint density at radius 2 is 2.26 bits per heavy atom. The lowest BCUT2D eigenvalue weighted by Gasteiger charge is -2.14. The Hall–Kier alpha value is -0.230. The Morgan fingerprint density at radius 3 is 2.95 bits per heavy atom. The van der Waals surface area contributed by atoms with Crippen molar-refractivity contribution < 1.29 is 0 Å². The SMILES string of the molecule is CCCNC(c1ccc(Br)s1)c1nc2c(s1)CCC2. The second-order valence-electron chi connectivity index (χ2n) is 4.80. The van der Waals surface area contributed by atoms with E-state index in [0.717, 1.165) is 13.0 Å². The van der Waals surface area contributed by atoms with E-state index in [4.69, 9.17) is 4.98 Å². The summed E-state index contributed by atoms with van der Waals surface area (Å²) in [5.41, 5.74) is 1.35. The number of aryl methyl sites for hydroxylation is 2. The summed E-state index contributed by atoms with van der Waals surface area (Å²) in [6, 6.07) is 4.60. The van der Waals surface area contributed by atoms with Crippen LogP contribution in [0.1, 0.15) is 46.3 Å². The van der Waals surface area contributed by atoms with Gasteiger partial charge < -0.3 is 5.32 Å². The third kappa shape index (κ3) is 2.94. The highest BCUT2D eigenvalue weighted by atomic mass is 79.9. The van der Waals surface area contributed by atoms with Crippen molar-refractivity contribution in [2.24, 2.45) is 0 Å². The average Bonchev–Trinajstić information content (AvgIpc) is 3.05. The maximum Gasteiger partial charge on any atom is 0.115 e. The number of fused-ring (bicyclic) bond motifs is 1. The van der Waals surface area contributed by atoms with Crippen molar-refractivity contribution >= 4 is 38.6 Å². The standard InChI is InChI=1S/C14H17BrN2S2/c1-2-8-16-13(11-6-7-12(15)18-11)14-17-9-4-3-5-10(9)19-14/h6-7,13,16H,2-5,8H2,1H3. The number of nitrogens with one attached hydrogen (secondary N) is 1. The zero-order valence-corrected chi connectivity index (χ0v) is 14.1. The number of halogens is 1. The summed E-state index contributed by atoms with van der Waals surface area (Å²) in [5, 5.41) is 4.88. The minimum Gasteiger partial charge on any atom is -0.304 e. The fourth-order valence-electron chi connectivity index (χ4n) is 2.42. The van der Waals surface area contributed by atoms with Gasteiger partial charge in [-0.1, -0.05) is 6.92 Å². The number of aromatic nitrogens is 1. The molecule has 3 rings (SSSR count). The van der Waals surface area contributed by atoms with E-state index in [2.05, 4.69) is 40.3 Å². The fraction of sp³-hybridized carbons (Fsp3) is 0.500. The molecule has 2 nitrogen and oxygen atoms in total. The lowest BCUT2D eigenvalue weighted by molar-refractivity contribution is 0.601. The summed E-state index contributed by atoms with van der Waals surface area (Å²) in [6.07, 6.45) is 4.82. The molecule has 1 aliphatic rings. The van der Waals surface area contributed by atoms with E-state index < -0.39 is 0 Å². The Balaban J connectivity index is 1.89. The summed E-state index contributed by atoms with van der Waals surface area (Å²) in [5.74, 6) is 0. The van der Waals surface area contributed by atoms with Crippen LogP contribution in [0, 0.1) is 0 Å². The maximum atomic E-state index is 4.88. The second kappa shape index (κ2) is 6.04. The Kier molecular flexibility index (Phi) is 4.37. The largest absolute Gasteiger partial charge is 0.304 e. The molecule has 0 amide bonds. The summed E-state index contributed by atoms with van der Waals surface area (Å²) >= 11 is 7.26. The molecular weight excluding hydrogens is 340 g/mol. The van der Waals surface area contributed by atoms with Crippen molar-refractivity contribution in [1.29, 1.82) is 0 Å². The van der Waals surface area contributed by atoms with E-state index in [9.17, 15) is 0 Å². The first-order chi connectivity index (χ1) is 9.28. The van der Waals surface area contributed by atoms with Crippen LogP contribution in [0.4, 0.5) is 0 Å². The summed E-state index contributed by atoms with van der Waals surface area (Å²) < 4.78 is 1.19. The lowest BCUT2D eigenvalue weighted by Crippen LogP contribution is -2.22. The fourth-order valence-corrected chi connectivity index (χ4v) is 5.24.